The summed E-state index contributed by atoms with van der Waals surface area (Å²) < 4.78 is 36.8. The normalized spacial score (nSPS) is 18.7. The highest BCUT2D eigenvalue weighted by molar-refractivity contribution is 7.89. The van der Waals surface area contributed by atoms with Crippen LogP contribution >= 0.6 is 11.3 Å². The zero-order chi connectivity index (χ0) is 24.3. The summed E-state index contributed by atoms with van der Waals surface area (Å²) in [4.78, 5) is 36.7. The number of β-amino-alcohol motifs (C(OH)–C–C–N with tert-alkyl or cyclic N) is 1. The molecule has 1 aromatic carbocycles. The van der Waals surface area contributed by atoms with Crippen LogP contribution in [0, 0.1) is 13.8 Å². The number of rotatable bonds is 7. The smallest absolute Gasteiger partial charge is 0.350 e. The zero-order valence-corrected chi connectivity index (χ0v) is 19.9. The van der Waals surface area contributed by atoms with Crippen molar-refractivity contribution >= 4 is 44.9 Å². The first-order valence-electron chi connectivity index (χ1n) is 9.94. The number of ether oxygens (including phenoxy) is 2. The SMILES string of the molecule is COC(=O)c1sccc1NC(=O)COC(=O)[C@@H]1CC(O)CN1S(=O)(=O)c1ccc(C)c(C)c1. The number of methoxy groups -OCH3 is 1. The number of hydrogen-bond acceptors (Lipinski definition) is 9. The van der Waals surface area contributed by atoms with Gasteiger partial charge in [-0.05, 0) is 48.6 Å². The minimum absolute atomic E-state index is 0.00282. The van der Waals surface area contributed by atoms with E-state index in [4.69, 9.17) is 4.74 Å². The molecule has 2 aromatic rings. The second-order valence-electron chi connectivity index (χ2n) is 7.54. The molecule has 178 valence electrons. The monoisotopic (exact) mass is 496 g/mol. The number of anilines is 1. The number of benzene rings is 1. The van der Waals surface area contributed by atoms with Crippen molar-refractivity contribution in [1.82, 2.24) is 4.31 Å². The molecule has 1 amide bonds. The molecule has 1 fully saturated rings. The molecule has 2 N–H and O–H groups in total. The van der Waals surface area contributed by atoms with Crippen LogP contribution in [0.4, 0.5) is 5.69 Å². The van der Waals surface area contributed by atoms with Crippen LogP contribution in [0.2, 0.25) is 0 Å². The number of carbonyl (C=O) groups excluding carboxylic acids is 3. The first-order chi connectivity index (χ1) is 15.5. The van der Waals surface area contributed by atoms with E-state index in [2.05, 4.69) is 10.1 Å². The highest BCUT2D eigenvalue weighted by Crippen LogP contribution is 2.28. The Hall–Kier alpha value is -2.80. The van der Waals surface area contributed by atoms with Gasteiger partial charge in [0.05, 0.1) is 23.8 Å². The lowest BCUT2D eigenvalue weighted by atomic mass is 10.1. The number of carbonyl (C=O) groups is 3. The third-order valence-corrected chi connectivity index (χ3v) is 8.01. The fraction of sp³-hybridized carbons (Fsp3) is 0.381. The Morgan fingerprint density at radius 1 is 1.21 bits per heavy atom. The molecule has 0 spiro atoms. The van der Waals surface area contributed by atoms with Crippen LogP contribution in [0.25, 0.3) is 0 Å². The quantitative estimate of drug-likeness (QED) is 0.549. The topological polar surface area (TPSA) is 139 Å². The average molecular weight is 497 g/mol. The molecule has 1 saturated heterocycles. The van der Waals surface area contributed by atoms with E-state index in [1.54, 1.807) is 18.4 Å². The predicted molar refractivity (Wildman–Crippen MR) is 119 cm³/mol. The van der Waals surface area contributed by atoms with Crippen molar-refractivity contribution in [1.29, 1.82) is 0 Å². The van der Waals surface area contributed by atoms with Gasteiger partial charge in [-0.1, -0.05) is 6.07 Å². The fourth-order valence-corrected chi connectivity index (χ4v) is 5.83. The van der Waals surface area contributed by atoms with E-state index in [0.29, 0.717) is 0 Å². The van der Waals surface area contributed by atoms with Gasteiger partial charge in [0.1, 0.15) is 10.9 Å². The summed E-state index contributed by atoms with van der Waals surface area (Å²) >= 11 is 1.07. The van der Waals surface area contributed by atoms with E-state index in [0.717, 1.165) is 26.8 Å². The molecule has 1 aliphatic rings. The first kappa shape index (κ1) is 24.8. The maximum atomic E-state index is 13.1. The van der Waals surface area contributed by atoms with Crippen molar-refractivity contribution in [3.8, 4) is 0 Å². The number of sulfonamides is 1. The number of aliphatic hydroxyl groups is 1. The van der Waals surface area contributed by atoms with Gasteiger partial charge in [0.15, 0.2) is 6.61 Å². The van der Waals surface area contributed by atoms with Gasteiger partial charge in [-0.25, -0.2) is 13.2 Å². The molecular formula is C21H24N2O8S2. The van der Waals surface area contributed by atoms with Crippen LogP contribution in [-0.2, 0) is 29.1 Å². The van der Waals surface area contributed by atoms with E-state index in [9.17, 15) is 27.9 Å². The summed E-state index contributed by atoms with van der Waals surface area (Å²) in [6.45, 7) is 2.66. The summed E-state index contributed by atoms with van der Waals surface area (Å²) in [7, 11) is -2.87. The number of thiophene rings is 1. The van der Waals surface area contributed by atoms with Crippen LogP contribution in [-0.4, -0.2) is 68.1 Å². The lowest BCUT2D eigenvalue weighted by Crippen LogP contribution is -2.42. The molecule has 0 bridgehead atoms. The predicted octanol–water partition coefficient (Wildman–Crippen LogP) is 1.46. The minimum Gasteiger partial charge on any atom is -0.465 e. The number of aryl methyl sites for hydroxylation is 2. The summed E-state index contributed by atoms with van der Waals surface area (Å²) in [6, 6.07) is 4.84. The Bertz CT molecular complexity index is 1170. The Balaban J connectivity index is 1.68. The molecule has 2 atom stereocenters. The molecule has 0 aliphatic carbocycles. The standard InChI is InChI=1S/C21H24N2O8S2/c1-12-4-5-15(8-13(12)2)33(28,29)23-10-14(24)9-17(23)20(26)31-11-18(25)22-16-6-7-32-19(16)21(27)30-3/h4-8,14,17,24H,9-11H2,1-3H3,(H,22,25)/t14?,17-/m0/s1. The van der Waals surface area contributed by atoms with E-state index in [1.165, 1.54) is 25.3 Å². The van der Waals surface area contributed by atoms with E-state index in [-0.39, 0.29) is 28.4 Å². The van der Waals surface area contributed by atoms with Gasteiger partial charge in [0, 0.05) is 13.0 Å². The van der Waals surface area contributed by atoms with Gasteiger partial charge in [-0.15, -0.1) is 11.3 Å². The molecule has 33 heavy (non-hydrogen) atoms. The summed E-state index contributed by atoms with van der Waals surface area (Å²) in [5, 5.41) is 14.1. The zero-order valence-electron chi connectivity index (χ0n) is 18.2. The molecule has 12 heteroatoms. The lowest BCUT2D eigenvalue weighted by Gasteiger charge is -2.22. The number of aliphatic hydroxyl groups excluding tert-OH is 1. The van der Waals surface area contributed by atoms with Gasteiger partial charge in [-0.3, -0.25) is 9.59 Å². The number of nitrogens with one attached hydrogen (secondary N) is 1. The Labute approximate surface area is 195 Å². The molecule has 1 aliphatic heterocycles. The van der Waals surface area contributed by atoms with Crippen molar-refractivity contribution in [2.75, 3.05) is 25.6 Å². The molecule has 0 saturated carbocycles. The Morgan fingerprint density at radius 2 is 1.94 bits per heavy atom. The molecule has 1 aromatic heterocycles. The van der Waals surface area contributed by atoms with Crippen molar-refractivity contribution in [3.05, 3.63) is 45.6 Å². The van der Waals surface area contributed by atoms with Crippen LogP contribution in [0.5, 0.6) is 0 Å². The maximum absolute atomic E-state index is 13.1. The molecule has 10 nitrogen and oxygen atoms in total. The minimum atomic E-state index is -4.08. The van der Waals surface area contributed by atoms with Crippen LogP contribution in [0.15, 0.2) is 34.5 Å². The van der Waals surface area contributed by atoms with E-state index >= 15 is 0 Å². The van der Waals surface area contributed by atoms with E-state index < -0.39 is 46.6 Å². The number of amides is 1. The molecule has 1 unspecified atom stereocenters. The van der Waals surface area contributed by atoms with E-state index in [1.807, 2.05) is 6.92 Å². The summed E-state index contributed by atoms with van der Waals surface area (Å²) in [5.41, 5.74) is 1.90. The Kier molecular flexibility index (Phi) is 7.52. The van der Waals surface area contributed by atoms with Gasteiger partial charge in [0.25, 0.3) is 5.91 Å². The summed E-state index contributed by atoms with van der Waals surface area (Å²) in [5.74, 6) is -2.29. The van der Waals surface area contributed by atoms with Crippen LogP contribution in [0.1, 0.15) is 27.2 Å². The van der Waals surface area contributed by atoms with Crippen LogP contribution in [0.3, 0.4) is 0 Å². The second-order valence-corrected chi connectivity index (χ2v) is 10.3. The van der Waals surface area contributed by atoms with Gasteiger partial charge < -0.3 is 19.9 Å². The average Bonchev–Trinajstić information content (AvgIpc) is 3.40. The first-order valence-corrected chi connectivity index (χ1v) is 12.3. The second kappa shape index (κ2) is 10.00. The number of esters is 2. The number of hydrogen-bond donors (Lipinski definition) is 2. The molecule has 3 rings (SSSR count). The lowest BCUT2D eigenvalue weighted by molar-refractivity contribution is -0.150. The highest BCUT2D eigenvalue weighted by Gasteiger charge is 2.44. The van der Waals surface area contributed by atoms with Crippen molar-refractivity contribution in [3.63, 3.8) is 0 Å². The van der Waals surface area contributed by atoms with Gasteiger partial charge in [0.2, 0.25) is 10.0 Å². The largest absolute Gasteiger partial charge is 0.465 e. The fourth-order valence-electron chi connectivity index (χ4n) is 3.35. The summed E-state index contributed by atoms with van der Waals surface area (Å²) in [6.07, 6.45) is -1.20. The third-order valence-electron chi connectivity index (χ3n) is 5.25. The van der Waals surface area contributed by atoms with Crippen molar-refractivity contribution < 1.29 is 37.4 Å². The van der Waals surface area contributed by atoms with Gasteiger partial charge in [-0.2, -0.15) is 4.31 Å². The Morgan fingerprint density at radius 3 is 2.61 bits per heavy atom. The van der Waals surface area contributed by atoms with Crippen molar-refractivity contribution in [2.24, 2.45) is 0 Å². The highest BCUT2D eigenvalue weighted by atomic mass is 32.2. The van der Waals surface area contributed by atoms with Gasteiger partial charge >= 0.3 is 11.9 Å². The number of nitrogens with zero attached hydrogens (tertiary/aromatic N) is 1. The van der Waals surface area contributed by atoms with Crippen LogP contribution < -0.4 is 5.32 Å². The maximum Gasteiger partial charge on any atom is 0.350 e. The molecule has 0 radical (unpaired) electrons. The molecule has 2 heterocycles. The van der Waals surface area contributed by atoms with Crippen molar-refractivity contribution in [2.45, 2.75) is 37.3 Å². The third kappa shape index (κ3) is 5.41. The molecular weight excluding hydrogens is 472 g/mol.